The van der Waals surface area contributed by atoms with Crippen molar-refractivity contribution in [1.29, 1.82) is 0 Å². The van der Waals surface area contributed by atoms with E-state index in [-0.39, 0.29) is 32.1 Å². The maximum atomic E-state index is 13.8. The molecule has 0 spiro atoms. The summed E-state index contributed by atoms with van der Waals surface area (Å²) in [6.45, 7) is -0.498. The number of hydrazine groups is 1. The third kappa shape index (κ3) is 7.15. The number of thiophene rings is 1. The highest BCUT2D eigenvalue weighted by Crippen LogP contribution is 2.40. The van der Waals surface area contributed by atoms with Crippen molar-refractivity contribution < 1.29 is 50.2 Å². The molecule has 1 saturated heterocycles. The summed E-state index contributed by atoms with van der Waals surface area (Å²) >= 11 is 6.95. The Morgan fingerprint density at radius 1 is 0.976 bits per heavy atom. The van der Waals surface area contributed by atoms with Gasteiger partial charge in [0.05, 0.1) is 28.1 Å². The lowest BCUT2D eigenvalue weighted by Crippen LogP contribution is -2.44. The van der Waals surface area contributed by atoms with Gasteiger partial charge in [-0.25, -0.2) is 19.6 Å². The summed E-state index contributed by atoms with van der Waals surface area (Å²) < 4.78 is 93.2. The Bertz CT molecular complexity index is 1600. The average Bonchev–Trinajstić information content (AvgIpc) is 3.45. The molecular weight excluding hydrogens is 635 g/mol. The van der Waals surface area contributed by atoms with Crippen LogP contribution in [0.1, 0.15) is 26.4 Å². The van der Waals surface area contributed by atoms with Gasteiger partial charge in [-0.1, -0.05) is 24.0 Å². The van der Waals surface area contributed by atoms with Gasteiger partial charge < -0.3 is 10.4 Å². The second kappa shape index (κ2) is 11.8. The van der Waals surface area contributed by atoms with Crippen molar-refractivity contribution >= 4 is 69.2 Å². The number of alkyl halides is 6. The predicted octanol–water partition coefficient (Wildman–Crippen LogP) is 6.63. The first-order chi connectivity index (χ1) is 19.5. The first-order valence-electron chi connectivity index (χ1n) is 11.3. The number of nitrogens with one attached hydrogen (secondary N) is 2. The molecule has 3 aromatic rings. The molecule has 3 N–H and O–H groups in total. The summed E-state index contributed by atoms with van der Waals surface area (Å²) in [5.41, 5.74) is -1.28. The van der Waals surface area contributed by atoms with E-state index in [9.17, 15) is 45.1 Å². The van der Waals surface area contributed by atoms with E-state index >= 15 is 0 Å². The highest BCUT2D eigenvalue weighted by molar-refractivity contribution is 8.26. The van der Waals surface area contributed by atoms with Gasteiger partial charge in [0.25, 0.3) is 5.91 Å². The molecule has 4 rings (SSSR count). The van der Waals surface area contributed by atoms with E-state index in [1.165, 1.54) is 23.6 Å². The fourth-order valence-corrected chi connectivity index (χ4v) is 5.69. The van der Waals surface area contributed by atoms with Gasteiger partial charge in [0.2, 0.25) is 5.91 Å². The van der Waals surface area contributed by atoms with Crippen molar-refractivity contribution in [3.8, 4) is 11.1 Å². The summed E-state index contributed by atoms with van der Waals surface area (Å²) in [6.07, 6.45) is -8.66. The molecule has 2 aromatic carbocycles. The number of thioether (sulfide) groups is 1. The minimum Gasteiger partial charge on any atom is -0.478 e. The normalized spacial score (nSPS) is 15.0. The molecule has 1 aromatic heterocycles. The summed E-state index contributed by atoms with van der Waals surface area (Å²) in [7, 11) is 0. The van der Waals surface area contributed by atoms with Gasteiger partial charge in [0, 0.05) is 10.6 Å². The van der Waals surface area contributed by atoms with Gasteiger partial charge in [-0.3, -0.25) is 9.59 Å². The summed E-state index contributed by atoms with van der Waals surface area (Å²) in [5.74, 6) is -3.96. The van der Waals surface area contributed by atoms with Crippen molar-refractivity contribution in [2.45, 2.75) is 12.4 Å². The predicted molar refractivity (Wildman–Crippen MR) is 145 cm³/mol. The van der Waals surface area contributed by atoms with Gasteiger partial charge in [-0.05, 0) is 65.0 Å². The molecule has 0 bridgehead atoms. The number of carbonyl (C=O) groups is 3. The monoisotopic (exact) mass is 649 g/mol. The van der Waals surface area contributed by atoms with Crippen LogP contribution in [-0.2, 0) is 21.9 Å². The zero-order valence-corrected chi connectivity index (χ0v) is 22.8. The van der Waals surface area contributed by atoms with E-state index in [4.69, 9.17) is 17.3 Å². The minimum atomic E-state index is -5.01. The Hall–Kier alpha value is -3.80. The van der Waals surface area contributed by atoms with Crippen molar-refractivity contribution in [3.63, 3.8) is 0 Å². The summed E-state index contributed by atoms with van der Waals surface area (Å²) in [5, 5.41) is 13.4. The van der Waals surface area contributed by atoms with E-state index in [2.05, 4.69) is 10.7 Å². The third-order valence-corrected chi connectivity index (χ3v) is 7.67. The molecule has 220 valence electrons. The maximum Gasteiger partial charge on any atom is 0.416 e. The fourth-order valence-electron chi connectivity index (χ4n) is 3.56. The van der Waals surface area contributed by atoms with E-state index < -0.39 is 59.2 Å². The Labute approximate surface area is 245 Å². The lowest BCUT2D eigenvalue weighted by atomic mass is 10.0. The molecule has 1 aliphatic heterocycles. The molecule has 0 saturated carbocycles. The van der Waals surface area contributed by atoms with Crippen LogP contribution in [0.5, 0.6) is 0 Å². The molecule has 7 nitrogen and oxygen atoms in total. The van der Waals surface area contributed by atoms with Gasteiger partial charge in [-0.2, -0.15) is 26.3 Å². The molecule has 0 unspecified atom stereocenters. The molecule has 0 aliphatic carbocycles. The Morgan fingerprint density at radius 2 is 1.62 bits per heavy atom. The molecule has 1 aliphatic rings. The quantitative estimate of drug-likeness (QED) is 0.150. The van der Waals surface area contributed by atoms with E-state index in [0.29, 0.717) is 17.0 Å². The van der Waals surface area contributed by atoms with Crippen molar-refractivity contribution in [1.82, 2.24) is 10.4 Å². The molecule has 42 heavy (non-hydrogen) atoms. The Kier molecular flexibility index (Phi) is 8.77. The highest BCUT2D eigenvalue weighted by atomic mass is 32.2. The molecule has 1 fully saturated rings. The molecular formula is C25H14F7N3O4S3. The SMILES string of the molecule is O=C(CNN1C(=O)C(=Cc2cc(-c3cc(C(F)(F)F)cc(C(F)(F)F)c3)cs2)SC1=S)Nc1ccc(C(=O)O)c(F)c1. The number of hydrogen-bond acceptors (Lipinski definition) is 7. The number of nitrogens with zero attached hydrogens (tertiary/aromatic N) is 1. The number of amides is 2. The molecule has 2 heterocycles. The van der Waals surface area contributed by atoms with Gasteiger partial charge >= 0.3 is 18.3 Å². The lowest BCUT2D eigenvalue weighted by Gasteiger charge is -2.15. The second-order valence-electron chi connectivity index (χ2n) is 8.43. The van der Waals surface area contributed by atoms with Crippen molar-refractivity contribution in [3.05, 3.63) is 80.1 Å². The molecule has 0 radical (unpaired) electrons. The number of carboxylic acid groups (broad SMARTS) is 1. The standard InChI is InChI=1S/C25H14F7N3O4S3/c26-18-7-15(1-2-17(18)22(38)39)34-20(36)9-33-35-21(37)19(42-23(35)40)8-16-5-12(10-41-16)11-3-13(24(27,28)29)6-14(4-11)25(30,31)32/h1-8,10,33H,9H2,(H,34,36)(H,38,39). The van der Waals surface area contributed by atoms with E-state index in [1.54, 1.807) is 0 Å². The van der Waals surface area contributed by atoms with Crippen LogP contribution in [0.4, 0.5) is 36.4 Å². The molecule has 0 atom stereocenters. The number of anilines is 1. The second-order valence-corrected chi connectivity index (χ2v) is 11.1. The van der Waals surface area contributed by atoms with Gasteiger partial charge in [0.1, 0.15) is 5.82 Å². The van der Waals surface area contributed by atoms with Crippen LogP contribution in [0.2, 0.25) is 0 Å². The van der Waals surface area contributed by atoms with Crippen molar-refractivity contribution in [2.24, 2.45) is 0 Å². The Balaban J connectivity index is 1.45. The van der Waals surface area contributed by atoms with Crippen molar-refractivity contribution in [2.75, 3.05) is 11.9 Å². The van der Waals surface area contributed by atoms with Crippen LogP contribution in [-0.4, -0.2) is 38.8 Å². The number of carbonyl (C=O) groups excluding carboxylic acids is 2. The summed E-state index contributed by atoms with van der Waals surface area (Å²) in [4.78, 5) is 36.4. The van der Waals surface area contributed by atoms with Crippen LogP contribution < -0.4 is 10.7 Å². The first-order valence-corrected chi connectivity index (χ1v) is 13.4. The van der Waals surface area contributed by atoms with Crippen LogP contribution >= 0.6 is 35.3 Å². The van der Waals surface area contributed by atoms with Crippen LogP contribution in [0.25, 0.3) is 17.2 Å². The smallest absolute Gasteiger partial charge is 0.416 e. The minimum absolute atomic E-state index is 0.000354. The van der Waals surface area contributed by atoms with Crippen LogP contribution in [0, 0.1) is 5.82 Å². The van der Waals surface area contributed by atoms with Crippen LogP contribution in [0.15, 0.2) is 52.7 Å². The molecule has 17 heteroatoms. The van der Waals surface area contributed by atoms with Crippen LogP contribution in [0.3, 0.4) is 0 Å². The largest absolute Gasteiger partial charge is 0.478 e. The third-order valence-electron chi connectivity index (χ3n) is 5.49. The number of aromatic carboxylic acids is 1. The lowest BCUT2D eigenvalue weighted by molar-refractivity contribution is -0.143. The van der Waals surface area contributed by atoms with E-state index in [1.807, 2.05) is 0 Å². The molecule has 2 amide bonds. The topological polar surface area (TPSA) is 98.7 Å². The van der Waals surface area contributed by atoms with Gasteiger partial charge in [0.15, 0.2) is 4.32 Å². The zero-order chi connectivity index (χ0) is 31.0. The average molecular weight is 650 g/mol. The summed E-state index contributed by atoms with van der Waals surface area (Å²) in [6, 6.07) is 5.50. The van der Waals surface area contributed by atoms with Gasteiger partial charge in [-0.15, -0.1) is 11.3 Å². The first kappa shape index (κ1) is 31.1. The number of benzene rings is 2. The Morgan fingerprint density at radius 3 is 2.19 bits per heavy atom. The number of rotatable bonds is 7. The number of hydrogen-bond donors (Lipinski definition) is 3. The maximum absolute atomic E-state index is 13.8. The number of carboxylic acids is 1. The zero-order valence-electron chi connectivity index (χ0n) is 20.4. The van der Waals surface area contributed by atoms with E-state index in [0.717, 1.165) is 40.2 Å². The fraction of sp³-hybridized carbons (Fsp3) is 0.120. The highest BCUT2D eigenvalue weighted by Gasteiger charge is 2.37. The number of halogens is 7. The number of thiocarbonyl (C=S) groups is 1.